The smallest absolute Gasteiger partial charge is 0.152 e. The minimum absolute atomic E-state index is 0.278. The van der Waals surface area contributed by atoms with E-state index < -0.39 is 0 Å². The molecule has 2 aromatic rings. The van der Waals surface area contributed by atoms with Crippen molar-refractivity contribution in [2.75, 3.05) is 13.7 Å². The highest BCUT2D eigenvalue weighted by Crippen LogP contribution is 2.26. The van der Waals surface area contributed by atoms with Crippen molar-refractivity contribution in [1.82, 2.24) is 5.32 Å². The summed E-state index contributed by atoms with van der Waals surface area (Å²) in [7, 11) is 1.70. The predicted octanol–water partition coefficient (Wildman–Crippen LogP) is 3.49. The summed E-state index contributed by atoms with van der Waals surface area (Å²) in [5, 5.41) is 14.0. The molecule has 25 heavy (non-hydrogen) atoms. The van der Waals surface area contributed by atoms with E-state index in [-0.39, 0.29) is 12.2 Å². The quantitative estimate of drug-likeness (QED) is 0.409. The molecule has 0 amide bonds. The molecule has 0 bridgehead atoms. The molecule has 0 radical (unpaired) electrons. The van der Waals surface area contributed by atoms with Gasteiger partial charge in [0.1, 0.15) is 0 Å². The number of aliphatic hydroxyl groups excluding tert-OH is 1. The number of benzene rings is 2. The van der Waals surface area contributed by atoms with Crippen molar-refractivity contribution in [3.8, 4) is 0 Å². The maximum absolute atomic E-state index is 11.8. The molecule has 0 atom stereocenters. The topological polar surface area (TPSA) is 75.3 Å². The number of aliphatic hydroxyl groups is 1. The first-order chi connectivity index (χ1) is 12.0. The number of carbonyl (C=O) groups excluding carboxylic acids is 1. The molecule has 0 aliphatic heterocycles. The van der Waals surface area contributed by atoms with Gasteiger partial charge in [-0.15, -0.1) is 0 Å². The first-order valence-electron chi connectivity index (χ1n) is 7.50. The zero-order valence-electron chi connectivity index (χ0n) is 13.6. The average Bonchev–Trinajstić information content (AvgIpc) is 2.63. The Hall–Kier alpha value is -2.27. The fraction of sp³-hybridized carbons (Fsp3) is 0.105. The lowest BCUT2D eigenvalue weighted by molar-refractivity contribution is -0.104. The van der Waals surface area contributed by atoms with Crippen molar-refractivity contribution >= 4 is 40.9 Å². The molecule has 0 saturated heterocycles. The van der Waals surface area contributed by atoms with E-state index in [9.17, 15) is 9.90 Å². The van der Waals surface area contributed by atoms with Gasteiger partial charge in [-0.25, -0.2) is 0 Å². The molecular formula is C19H18Cl2N2O2. The molecule has 2 aromatic carbocycles. The number of nitrogens with two attached hydrogens (primary N) is 1. The van der Waals surface area contributed by atoms with Gasteiger partial charge in [-0.1, -0.05) is 47.5 Å². The summed E-state index contributed by atoms with van der Waals surface area (Å²) < 4.78 is 0. The van der Waals surface area contributed by atoms with Gasteiger partial charge in [-0.3, -0.25) is 4.79 Å². The van der Waals surface area contributed by atoms with Crippen molar-refractivity contribution in [2.45, 2.75) is 0 Å². The van der Waals surface area contributed by atoms with Crippen LogP contribution in [0.1, 0.15) is 11.1 Å². The standard InChI is InChI=1S/C19H18Cl2N2O2/c1-23-19(13-4-8-15(21)9-5-13)17(11-25)16(10-24)18(22)12-2-6-14(20)7-3-12/h2-9,11,23-24H,10,22H2,1H3/b18-16-,19-17-. The van der Waals surface area contributed by atoms with E-state index in [1.807, 2.05) is 0 Å². The highest BCUT2D eigenvalue weighted by atomic mass is 35.5. The van der Waals surface area contributed by atoms with Gasteiger partial charge in [0.05, 0.1) is 12.3 Å². The normalized spacial score (nSPS) is 13.0. The van der Waals surface area contributed by atoms with E-state index in [0.29, 0.717) is 38.9 Å². The number of rotatable bonds is 6. The summed E-state index contributed by atoms with van der Waals surface area (Å²) in [4.78, 5) is 11.8. The zero-order valence-corrected chi connectivity index (χ0v) is 15.1. The van der Waals surface area contributed by atoms with Crippen LogP contribution in [-0.4, -0.2) is 25.0 Å². The lowest BCUT2D eigenvalue weighted by Gasteiger charge is -2.16. The van der Waals surface area contributed by atoms with Crippen molar-refractivity contribution < 1.29 is 9.90 Å². The largest absolute Gasteiger partial charge is 0.398 e. The minimum atomic E-state index is -0.388. The number of halogens is 2. The van der Waals surface area contributed by atoms with Crippen molar-refractivity contribution in [1.29, 1.82) is 0 Å². The van der Waals surface area contributed by atoms with Gasteiger partial charge in [0.15, 0.2) is 6.29 Å². The van der Waals surface area contributed by atoms with E-state index in [1.165, 1.54) is 0 Å². The molecule has 4 nitrogen and oxygen atoms in total. The molecular weight excluding hydrogens is 359 g/mol. The summed E-state index contributed by atoms with van der Waals surface area (Å²) in [5.41, 5.74) is 9.09. The maximum atomic E-state index is 11.8. The van der Waals surface area contributed by atoms with Crippen molar-refractivity contribution in [2.24, 2.45) is 5.73 Å². The molecule has 4 N–H and O–H groups in total. The molecule has 0 heterocycles. The van der Waals surface area contributed by atoms with Crippen LogP contribution in [0.3, 0.4) is 0 Å². The van der Waals surface area contributed by atoms with Crippen LogP contribution in [-0.2, 0) is 4.79 Å². The van der Waals surface area contributed by atoms with Gasteiger partial charge < -0.3 is 16.2 Å². The highest BCUT2D eigenvalue weighted by molar-refractivity contribution is 6.30. The monoisotopic (exact) mass is 376 g/mol. The fourth-order valence-electron chi connectivity index (χ4n) is 2.45. The van der Waals surface area contributed by atoms with Crippen LogP contribution in [0, 0.1) is 0 Å². The molecule has 0 aliphatic carbocycles. The molecule has 0 spiro atoms. The Balaban J connectivity index is 2.64. The second-order valence-corrected chi connectivity index (χ2v) is 6.09. The van der Waals surface area contributed by atoms with E-state index in [1.54, 1.807) is 55.6 Å². The third kappa shape index (κ3) is 4.42. The molecule has 2 rings (SSSR count). The Labute approximate surface area is 156 Å². The maximum Gasteiger partial charge on any atom is 0.152 e. The van der Waals surface area contributed by atoms with E-state index in [0.717, 1.165) is 5.56 Å². The summed E-state index contributed by atoms with van der Waals surface area (Å²) >= 11 is 11.8. The summed E-state index contributed by atoms with van der Waals surface area (Å²) in [6.45, 7) is -0.388. The van der Waals surface area contributed by atoms with Gasteiger partial charge in [-0.05, 0) is 35.4 Å². The molecule has 0 unspecified atom stereocenters. The molecule has 0 saturated carbocycles. The molecule has 0 aromatic heterocycles. The highest BCUT2D eigenvalue weighted by Gasteiger charge is 2.16. The van der Waals surface area contributed by atoms with Crippen LogP contribution in [0.2, 0.25) is 10.0 Å². The Morgan fingerprint density at radius 2 is 1.52 bits per heavy atom. The molecule has 6 heteroatoms. The first-order valence-corrected chi connectivity index (χ1v) is 8.26. The third-order valence-electron chi connectivity index (χ3n) is 3.73. The van der Waals surface area contributed by atoms with Crippen LogP contribution in [0.15, 0.2) is 59.7 Å². The van der Waals surface area contributed by atoms with Crippen LogP contribution in [0.5, 0.6) is 0 Å². The van der Waals surface area contributed by atoms with Crippen LogP contribution in [0.4, 0.5) is 0 Å². The van der Waals surface area contributed by atoms with E-state index >= 15 is 0 Å². The Morgan fingerprint density at radius 1 is 1.04 bits per heavy atom. The van der Waals surface area contributed by atoms with Crippen LogP contribution >= 0.6 is 23.2 Å². The Kier molecular flexibility index (Phi) is 6.65. The summed E-state index contributed by atoms with van der Waals surface area (Å²) in [6, 6.07) is 13.9. The van der Waals surface area contributed by atoms with Gasteiger partial charge in [0.25, 0.3) is 0 Å². The number of aldehydes is 1. The average molecular weight is 377 g/mol. The summed E-state index contributed by atoms with van der Waals surface area (Å²) in [6.07, 6.45) is 0.675. The Morgan fingerprint density at radius 3 is 1.92 bits per heavy atom. The van der Waals surface area contributed by atoms with Crippen molar-refractivity contribution in [3.63, 3.8) is 0 Å². The number of hydrogen-bond acceptors (Lipinski definition) is 4. The fourth-order valence-corrected chi connectivity index (χ4v) is 2.70. The second kappa shape index (κ2) is 8.72. The number of carbonyl (C=O) groups is 1. The number of nitrogens with one attached hydrogen (secondary N) is 1. The summed E-state index contributed by atoms with van der Waals surface area (Å²) in [5.74, 6) is 0. The van der Waals surface area contributed by atoms with Gasteiger partial charge >= 0.3 is 0 Å². The molecule has 130 valence electrons. The van der Waals surface area contributed by atoms with Crippen molar-refractivity contribution in [3.05, 3.63) is 80.8 Å². The lowest BCUT2D eigenvalue weighted by Crippen LogP contribution is -2.15. The van der Waals surface area contributed by atoms with Gasteiger partial charge in [-0.2, -0.15) is 0 Å². The predicted molar refractivity (Wildman–Crippen MR) is 103 cm³/mol. The second-order valence-electron chi connectivity index (χ2n) is 5.22. The molecule has 0 aliphatic rings. The zero-order chi connectivity index (χ0) is 18.4. The lowest BCUT2D eigenvalue weighted by atomic mass is 9.96. The van der Waals surface area contributed by atoms with Crippen LogP contribution < -0.4 is 11.1 Å². The van der Waals surface area contributed by atoms with E-state index in [4.69, 9.17) is 28.9 Å². The SMILES string of the molecule is CN/C(=C(C=O)\C(CO)=C(/N)c1ccc(Cl)cc1)c1ccc(Cl)cc1. The van der Waals surface area contributed by atoms with Crippen LogP contribution in [0.25, 0.3) is 11.4 Å². The van der Waals surface area contributed by atoms with E-state index in [2.05, 4.69) is 5.32 Å². The third-order valence-corrected chi connectivity index (χ3v) is 4.24. The minimum Gasteiger partial charge on any atom is -0.398 e. The molecule has 0 fully saturated rings. The van der Waals surface area contributed by atoms with Gasteiger partial charge in [0, 0.05) is 33.9 Å². The first kappa shape index (κ1) is 19.1. The Bertz CT molecular complexity index is 810. The van der Waals surface area contributed by atoms with Gasteiger partial charge in [0.2, 0.25) is 0 Å². The number of hydrogen-bond donors (Lipinski definition) is 3.